The van der Waals surface area contributed by atoms with Gasteiger partial charge >= 0.3 is 5.97 Å². The van der Waals surface area contributed by atoms with Crippen molar-refractivity contribution in [1.29, 1.82) is 0 Å². The van der Waals surface area contributed by atoms with Crippen LogP contribution in [0.2, 0.25) is 0 Å². The number of esters is 1. The standard InChI is InChI=1S/C42H50O7/c1-2-3-4-5-18-27-38(43)49-42-41(47-31-36-25-16-9-17-26-36)40(46-30-35-23-14-8-15-24-35)39(45-29-34-21-12-7-13-22-34)37(48-42)32-44-28-33-19-10-6-11-20-33/h6-17,19-26,37,39-42H,2-5,18,27-32H2,1H3/t37-,39-,40+,41-,42?/m1/s1. The van der Waals surface area contributed by atoms with E-state index in [9.17, 15) is 4.79 Å². The zero-order chi connectivity index (χ0) is 33.9. The van der Waals surface area contributed by atoms with Crippen LogP contribution in [0.1, 0.15) is 67.7 Å². The van der Waals surface area contributed by atoms with Gasteiger partial charge in [-0.1, -0.05) is 154 Å². The van der Waals surface area contributed by atoms with Gasteiger partial charge in [-0.3, -0.25) is 4.79 Å². The molecule has 1 unspecified atom stereocenters. The molecule has 49 heavy (non-hydrogen) atoms. The SMILES string of the molecule is CCCCCCCC(=O)OC1O[C@H](COCc2ccccc2)[C@@H](OCc2ccccc2)[C@H](OCc2ccccc2)[C@H]1OCc1ccccc1. The van der Waals surface area contributed by atoms with Crippen molar-refractivity contribution in [2.24, 2.45) is 0 Å². The quantitative estimate of drug-likeness (QED) is 0.0691. The van der Waals surface area contributed by atoms with Crippen molar-refractivity contribution in [1.82, 2.24) is 0 Å². The molecule has 5 rings (SSSR count). The number of hydrogen-bond acceptors (Lipinski definition) is 7. The first kappa shape index (κ1) is 36.4. The highest BCUT2D eigenvalue weighted by Crippen LogP contribution is 2.32. The lowest BCUT2D eigenvalue weighted by Crippen LogP contribution is -2.62. The third-order valence-corrected chi connectivity index (χ3v) is 8.57. The van der Waals surface area contributed by atoms with Crippen molar-refractivity contribution in [2.45, 2.75) is 103 Å². The number of hydrogen-bond donors (Lipinski definition) is 0. The molecule has 5 atom stereocenters. The fourth-order valence-corrected chi connectivity index (χ4v) is 5.90. The van der Waals surface area contributed by atoms with E-state index in [1.165, 1.54) is 0 Å². The van der Waals surface area contributed by atoms with Crippen LogP contribution in [-0.4, -0.2) is 43.3 Å². The van der Waals surface area contributed by atoms with E-state index in [4.69, 9.17) is 28.4 Å². The molecule has 1 saturated heterocycles. The summed E-state index contributed by atoms with van der Waals surface area (Å²) in [6.07, 6.45) is 1.84. The van der Waals surface area contributed by atoms with Gasteiger partial charge in [0.15, 0.2) is 0 Å². The summed E-state index contributed by atoms with van der Waals surface area (Å²) in [6, 6.07) is 39.9. The molecule has 7 heteroatoms. The molecule has 4 aromatic rings. The third kappa shape index (κ3) is 12.2. The number of rotatable bonds is 20. The van der Waals surface area contributed by atoms with E-state index >= 15 is 0 Å². The molecule has 0 N–H and O–H groups in total. The van der Waals surface area contributed by atoms with Crippen molar-refractivity contribution < 1.29 is 33.2 Å². The van der Waals surface area contributed by atoms with E-state index in [1.807, 2.05) is 121 Å². The van der Waals surface area contributed by atoms with Gasteiger partial charge in [-0.05, 0) is 28.7 Å². The van der Waals surface area contributed by atoms with Gasteiger partial charge in [0.25, 0.3) is 0 Å². The largest absolute Gasteiger partial charge is 0.433 e. The predicted octanol–water partition coefficient (Wildman–Crippen LogP) is 8.59. The van der Waals surface area contributed by atoms with Gasteiger partial charge in [-0.15, -0.1) is 0 Å². The average molecular weight is 667 g/mol. The first-order valence-electron chi connectivity index (χ1n) is 17.6. The smallest absolute Gasteiger partial charge is 0.308 e. The molecule has 1 fully saturated rings. The Morgan fingerprint density at radius 3 is 1.51 bits per heavy atom. The summed E-state index contributed by atoms with van der Waals surface area (Å²) in [4.78, 5) is 13.3. The zero-order valence-electron chi connectivity index (χ0n) is 28.6. The molecular formula is C42H50O7. The summed E-state index contributed by atoms with van der Waals surface area (Å²) in [6.45, 7) is 3.72. The Hall–Kier alpha value is -3.85. The number of unbranched alkanes of at least 4 members (excludes halogenated alkanes) is 4. The minimum absolute atomic E-state index is 0.204. The van der Waals surface area contributed by atoms with E-state index < -0.39 is 30.7 Å². The van der Waals surface area contributed by atoms with Gasteiger partial charge < -0.3 is 28.4 Å². The number of carbonyl (C=O) groups excluding carboxylic acids is 1. The lowest BCUT2D eigenvalue weighted by molar-refractivity contribution is -0.320. The second-order valence-electron chi connectivity index (χ2n) is 12.5. The summed E-state index contributed by atoms with van der Waals surface area (Å²) >= 11 is 0. The second-order valence-corrected chi connectivity index (χ2v) is 12.5. The van der Waals surface area contributed by atoms with E-state index in [0.29, 0.717) is 26.2 Å². The van der Waals surface area contributed by atoms with Gasteiger partial charge in [-0.2, -0.15) is 0 Å². The van der Waals surface area contributed by atoms with E-state index in [0.717, 1.165) is 54.4 Å². The summed E-state index contributed by atoms with van der Waals surface area (Å²) < 4.78 is 39.0. The van der Waals surface area contributed by atoms with Crippen LogP contribution >= 0.6 is 0 Å². The molecule has 1 aliphatic heterocycles. The normalized spacial score (nSPS) is 20.6. The fraction of sp³-hybridized carbons (Fsp3) is 0.405. The highest BCUT2D eigenvalue weighted by molar-refractivity contribution is 5.69. The summed E-state index contributed by atoms with van der Waals surface area (Å²) in [5.41, 5.74) is 4.06. The Morgan fingerprint density at radius 2 is 1.00 bits per heavy atom. The minimum atomic E-state index is -1.02. The van der Waals surface area contributed by atoms with Crippen molar-refractivity contribution >= 4 is 5.97 Å². The van der Waals surface area contributed by atoms with Crippen molar-refractivity contribution in [3.05, 3.63) is 144 Å². The molecule has 1 aliphatic rings. The van der Waals surface area contributed by atoms with Crippen molar-refractivity contribution in [2.75, 3.05) is 6.61 Å². The van der Waals surface area contributed by atoms with Crippen LogP contribution in [0.25, 0.3) is 0 Å². The number of carbonyl (C=O) groups is 1. The molecular weight excluding hydrogens is 616 g/mol. The van der Waals surface area contributed by atoms with E-state index in [1.54, 1.807) is 0 Å². The molecule has 0 radical (unpaired) electrons. The van der Waals surface area contributed by atoms with Gasteiger partial charge in [0.1, 0.15) is 24.4 Å². The van der Waals surface area contributed by atoms with Gasteiger partial charge in [0.05, 0.1) is 33.0 Å². The lowest BCUT2D eigenvalue weighted by Gasteiger charge is -2.45. The average Bonchev–Trinajstić information content (AvgIpc) is 3.14. The molecule has 0 aliphatic carbocycles. The van der Waals surface area contributed by atoms with Crippen LogP contribution in [0, 0.1) is 0 Å². The molecule has 0 spiro atoms. The van der Waals surface area contributed by atoms with Gasteiger partial charge in [0, 0.05) is 6.42 Å². The van der Waals surface area contributed by atoms with E-state index in [-0.39, 0.29) is 19.2 Å². The van der Waals surface area contributed by atoms with Crippen molar-refractivity contribution in [3.63, 3.8) is 0 Å². The zero-order valence-corrected chi connectivity index (χ0v) is 28.6. The van der Waals surface area contributed by atoms with E-state index in [2.05, 4.69) is 6.92 Å². The monoisotopic (exact) mass is 666 g/mol. The fourth-order valence-electron chi connectivity index (χ4n) is 5.90. The molecule has 0 saturated carbocycles. The third-order valence-electron chi connectivity index (χ3n) is 8.57. The van der Waals surface area contributed by atoms with Crippen LogP contribution in [0.15, 0.2) is 121 Å². The Balaban J connectivity index is 1.41. The van der Waals surface area contributed by atoms with Crippen LogP contribution in [0.5, 0.6) is 0 Å². The Labute approximate surface area is 291 Å². The highest BCUT2D eigenvalue weighted by atomic mass is 16.7. The Bertz CT molecular complexity index is 1450. The molecule has 0 aromatic heterocycles. The summed E-state index contributed by atoms with van der Waals surface area (Å²) in [5, 5.41) is 0. The maximum absolute atomic E-state index is 13.3. The topological polar surface area (TPSA) is 72.5 Å². The molecule has 4 aromatic carbocycles. The predicted molar refractivity (Wildman–Crippen MR) is 189 cm³/mol. The Kier molecular flexibility index (Phi) is 15.3. The summed E-state index contributed by atoms with van der Waals surface area (Å²) in [5.74, 6) is -0.316. The Morgan fingerprint density at radius 1 is 0.551 bits per heavy atom. The van der Waals surface area contributed by atoms with Gasteiger partial charge in [-0.25, -0.2) is 0 Å². The number of ether oxygens (including phenoxy) is 6. The summed E-state index contributed by atoms with van der Waals surface area (Å²) in [7, 11) is 0. The maximum Gasteiger partial charge on any atom is 0.308 e. The first-order chi connectivity index (χ1) is 24.2. The number of benzene rings is 4. The maximum atomic E-state index is 13.3. The highest BCUT2D eigenvalue weighted by Gasteiger charge is 2.50. The van der Waals surface area contributed by atoms with Crippen LogP contribution in [0.4, 0.5) is 0 Å². The van der Waals surface area contributed by atoms with Crippen LogP contribution in [-0.2, 0) is 59.6 Å². The van der Waals surface area contributed by atoms with Crippen molar-refractivity contribution in [3.8, 4) is 0 Å². The van der Waals surface area contributed by atoms with Crippen LogP contribution in [0.3, 0.4) is 0 Å². The van der Waals surface area contributed by atoms with Crippen LogP contribution < -0.4 is 0 Å². The molecule has 0 amide bonds. The van der Waals surface area contributed by atoms with Gasteiger partial charge in [0.2, 0.25) is 6.29 Å². The second kappa shape index (κ2) is 20.6. The molecule has 1 heterocycles. The minimum Gasteiger partial charge on any atom is -0.433 e. The molecule has 0 bridgehead atoms. The molecule has 7 nitrogen and oxygen atoms in total. The molecule has 260 valence electrons. The lowest BCUT2D eigenvalue weighted by atomic mass is 9.97. The first-order valence-corrected chi connectivity index (χ1v) is 17.6.